The van der Waals surface area contributed by atoms with Crippen LogP contribution in [0.25, 0.3) is 5.69 Å². The molecule has 3 nitrogen and oxygen atoms in total. The first-order chi connectivity index (χ1) is 8.54. The lowest BCUT2D eigenvalue weighted by Crippen LogP contribution is -2.08. The maximum absolute atomic E-state index is 6.04. The number of rotatable bonds is 3. The molecule has 0 fully saturated rings. The van der Waals surface area contributed by atoms with E-state index in [1.54, 1.807) is 0 Å². The van der Waals surface area contributed by atoms with Crippen LogP contribution in [0.4, 0.5) is 0 Å². The number of nitrogens with two attached hydrogens (primary N) is 1. The van der Waals surface area contributed by atoms with E-state index >= 15 is 0 Å². The monoisotopic (exact) mass is 327 g/mol. The quantitative estimate of drug-likeness (QED) is 0.938. The van der Waals surface area contributed by atoms with Gasteiger partial charge in [-0.05, 0) is 66.5 Å². The molecular weight excluding hydrogens is 314 g/mol. The molecule has 18 heavy (non-hydrogen) atoms. The largest absolute Gasteiger partial charge is 0.330 e. The summed E-state index contributed by atoms with van der Waals surface area (Å²) in [4.78, 5) is 0. The minimum atomic E-state index is 0.591. The molecule has 0 radical (unpaired) electrons. The highest BCUT2D eigenvalue weighted by Gasteiger charge is 2.13. The normalized spacial score (nSPS) is 10.9. The van der Waals surface area contributed by atoms with Gasteiger partial charge in [0.25, 0.3) is 0 Å². The molecule has 0 unspecified atom stereocenters. The van der Waals surface area contributed by atoms with Crippen LogP contribution in [0.3, 0.4) is 0 Å². The lowest BCUT2D eigenvalue weighted by atomic mass is 10.1. The van der Waals surface area contributed by atoms with Gasteiger partial charge in [0.2, 0.25) is 0 Å². The Morgan fingerprint density at radius 2 is 2.11 bits per heavy atom. The van der Waals surface area contributed by atoms with Gasteiger partial charge >= 0.3 is 0 Å². The van der Waals surface area contributed by atoms with Gasteiger partial charge in [-0.25, -0.2) is 4.68 Å². The summed E-state index contributed by atoms with van der Waals surface area (Å²) in [6.07, 6.45) is 0.784. The van der Waals surface area contributed by atoms with E-state index in [0.29, 0.717) is 6.54 Å². The Kier molecular flexibility index (Phi) is 4.10. The van der Waals surface area contributed by atoms with E-state index in [9.17, 15) is 0 Å². The molecule has 0 aliphatic carbocycles. The second-order valence-electron chi connectivity index (χ2n) is 4.21. The molecule has 0 saturated carbocycles. The summed E-state index contributed by atoms with van der Waals surface area (Å²) in [5.74, 6) is 0. The van der Waals surface area contributed by atoms with Crippen molar-refractivity contribution in [2.75, 3.05) is 6.54 Å². The first-order valence-electron chi connectivity index (χ1n) is 5.75. The molecule has 96 valence electrons. The third kappa shape index (κ3) is 2.46. The highest BCUT2D eigenvalue weighted by molar-refractivity contribution is 9.10. The molecule has 1 heterocycles. The fourth-order valence-electron chi connectivity index (χ4n) is 1.97. The number of benzene rings is 1. The number of halogens is 2. The summed E-state index contributed by atoms with van der Waals surface area (Å²) < 4.78 is 2.97. The van der Waals surface area contributed by atoms with E-state index in [0.717, 1.165) is 38.6 Å². The molecule has 0 bridgehead atoms. The van der Waals surface area contributed by atoms with Crippen LogP contribution < -0.4 is 5.73 Å². The van der Waals surface area contributed by atoms with Crippen molar-refractivity contribution in [2.45, 2.75) is 20.3 Å². The lowest BCUT2D eigenvalue weighted by Gasteiger charge is -2.11. The Morgan fingerprint density at radius 1 is 1.39 bits per heavy atom. The topological polar surface area (TPSA) is 43.8 Å². The van der Waals surface area contributed by atoms with E-state index < -0.39 is 0 Å². The number of hydrogen-bond acceptors (Lipinski definition) is 2. The second-order valence-corrected chi connectivity index (χ2v) is 5.44. The summed E-state index contributed by atoms with van der Waals surface area (Å²) in [5.41, 5.74) is 9.85. The zero-order chi connectivity index (χ0) is 13.3. The molecule has 2 N–H and O–H groups in total. The van der Waals surface area contributed by atoms with Gasteiger partial charge in [0.05, 0.1) is 21.5 Å². The smallest absolute Gasteiger partial charge is 0.0743 e. The molecular formula is C13H15BrClN3. The zero-order valence-electron chi connectivity index (χ0n) is 10.4. The van der Waals surface area contributed by atoms with Crippen molar-refractivity contribution in [1.29, 1.82) is 0 Å². The third-order valence-electron chi connectivity index (χ3n) is 2.89. The van der Waals surface area contributed by atoms with Crippen LogP contribution in [0.2, 0.25) is 5.02 Å². The Bertz CT molecular complexity index is 578. The molecule has 0 saturated heterocycles. The fourth-order valence-corrected chi connectivity index (χ4v) is 2.42. The van der Waals surface area contributed by atoms with Crippen LogP contribution >= 0.6 is 27.5 Å². The van der Waals surface area contributed by atoms with Crippen molar-refractivity contribution in [2.24, 2.45) is 5.73 Å². The molecule has 0 aliphatic heterocycles. The van der Waals surface area contributed by atoms with Gasteiger partial charge in [-0.1, -0.05) is 11.6 Å². The predicted octanol–water partition coefficient (Wildman–Crippen LogP) is 3.41. The van der Waals surface area contributed by atoms with Crippen molar-refractivity contribution >= 4 is 27.5 Å². The Hall–Kier alpha value is -0.840. The highest BCUT2D eigenvalue weighted by Crippen LogP contribution is 2.26. The summed E-state index contributed by atoms with van der Waals surface area (Å²) >= 11 is 9.58. The molecule has 2 aromatic rings. The molecule has 5 heteroatoms. The number of hydrogen-bond donors (Lipinski definition) is 1. The molecule has 2 rings (SSSR count). The summed E-state index contributed by atoms with van der Waals surface area (Å²) in [7, 11) is 0. The minimum absolute atomic E-state index is 0.591. The number of aromatic nitrogens is 2. The van der Waals surface area contributed by atoms with Gasteiger partial charge in [-0.2, -0.15) is 5.10 Å². The molecule has 1 aromatic carbocycles. The van der Waals surface area contributed by atoms with Crippen LogP contribution in [-0.2, 0) is 6.42 Å². The molecule has 0 aliphatic rings. The number of nitrogens with zero attached hydrogens (tertiary/aromatic N) is 2. The average molecular weight is 329 g/mol. The van der Waals surface area contributed by atoms with Crippen molar-refractivity contribution in [3.63, 3.8) is 0 Å². The van der Waals surface area contributed by atoms with Gasteiger partial charge in [0, 0.05) is 5.02 Å². The van der Waals surface area contributed by atoms with Crippen LogP contribution in [0.5, 0.6) is 0 Å². The van der Waals surface area contributed by atoms with Gasteiger partial charge < -0.3 is 5.73 Å². The average Bonchev–Trinajstić information content (AvgIpc) is 2.58. The zero-order valence-corrected chi connectivity index (χ0v) is 12.7. The third-order valence-corrected chi connectivity index (χ3v) is 4.27. The summed E-state index contributed by atoms with van der Waals surface area (Å²) in [6.45, 7) is 4.60. The molecule has 0 spiro atoms. The van der Waals surface area contributed by atoms with Crippen molar-refractivity contribution < 1.29 is 0 Å². The first kappa shape index (κ1) is 13.6. The predicted molar refractivity (Wildman–Crippen MR) is 78.5 cm³/mol. The van der Waals surface area contributed by atoms with Crippen LogP contribution in [0.15, 0.2) is 22.7 Å². The molecule has 1 aromatic heterocycles. The summed E-state index contributed by atoms with van der Waals surface area (Å²) in [6, 6.07) is 5.81. The second kappa shape index (κ2) is 5.43. The van der Waals surface area contributed by atoms with E-state index in [1.807, 2.05) is 36.7 Å². The molecule has 0 atom stereocenters. The van der Waals surface area contributed by atoms with E-state index in [1.165, 1.54) is 0 Å². The van der Waals surface area contributed by atoms with Gasteiger partial charge in [-0.3, -0.25) is 0 Å². The first-order valence-corrected chi connectivity index (χ1v) is 6.92. The fraction of sp³-hybridized carbons (Fsp3) is 0.308. The summed E-state index contributed by atoms with van der Waals surface area (Å²) in [5, 5.41) is 5.26. The lowest BCUT2D eigenvalue weighted by molar-refractivity contribution is 0.813. The minimum Gasteiger partial charge on any atom is -0.330 e. The van der Waals surface area contributed by atoms with Gasteiger partial charge in [0.15, 0.2) is 0 Å². The number of aryl methyl sites for hydroxylation is 1. The maximum atomic E-state index is 6.04. The van der Waals surface area contributed by atoms with Crippen LogP contribution in [0, 0.1) is 13.8 Å². The van der Waals surface area contributed by atoms with E-state index in [-0.39, 0.29) is 0 Å². The Morgan fingerprint density at radius 3 is 2.67 bits per heavy atom. The van der Waals surface area contributed by atoms with Crippen molar-refractivity contribution in [1.82, 2.24) is 9.78 Å². The van der Waals surface area contributed by atoms with Crippen LogP contribution in [-0.4, -0.2) is 16.3 Å². The highest BCUT2D eigenvalue weighted by atomic mass is 79.9. The van der Waals surface area contributed by atoms with Crippen molar-refractivity contribution in [3.8, 4) is 5.69 Å². The molecule has 0 amide bonds. The standard InChI is InChI=1S/C13H15BrClN3/c1-8-13(14)9(2)18(17-8)12-4-3-11(15)7-10(12)5-6-16/h3-4,7H,5-6,16H2,1-2H3. The van der Waals surface area contributed by atoms with Gasteiger partial charge in [-0.15, -0.1) is 0 Å². The maximum Gasteiger partial charge on any atom is 0.0743 e. The van der Waals surface area contributed by atoms with E-state index in [2.05, 4.69) is 21.0 Å². The van der Waals surface area contributed by atoms with Gasteiger partial charge in [0.1, 0.15) is 0 Å². The van der Waals surface area contributed by atoms with Crippen molar-refractivity contribution in [3.05, 3.63) is 44.6 Å². The SMILES string of the molecule is Cc1nn(-c2ccc(Cl)cc2CCN)c(C)c1Br. The van der Waals surface area contributed by atoms with E-state index in [4.69, 9.17) is 17.3 Å². The Balaban J connectivity index is 2.59. The van der Waals surface area contributed by atoms with Crippen LogP contribution in [0.1, 0.15) is 17.0 Å². The Labute approximate surface area is 120 Å².